The SMILES string of the molecule is C=CCN1CC(=O)N2[C@@H](Cc3ccc(O)cc3)C(=O)N(Cc3cccc4c(C(=O)CC5CCN(C(C)=O)CC5)cn(C)c34)C[C@@H]2N1C(=O)CCc1ccccc1. The number of nitrogens with zero attached hydrogens (tertiary/aromatic N) is 6. The summed E-state index contributed by atoms with van der Waals surface area (Å²) in [6, 6.07) is 21.3. The Hall–Kier alpha value is -5.75. The third kappa shape index (κ3) is 7.97. The van der Waals surface area contributed by atoms with Gasteiger partial charge in [-0.1, -0.05) is 66.7 Å². The van der Waals surface area contributed by atoms with Crippen LogP contribution in [0.4, 0.5) is 0 Å². The molecule has 12 nitrogen and oxygen atoms in total. The highest BCUT2D eigenvalue weighted by Gasteiger charge is 2.51. The first-order valence-electron chi connectivity index (χ1n) is 19.5. The fraction of sp³-hybridized carbons (Fsp3) is 0.386. The van der Waals surface area contributed by atoms with E-state index in [1.807, 2.05) is 71.2 Å². The molecule has 0 aliphatic carbocycles. The van der Waals surface area contributed by atoms with Crippen LogP contribution < -0.4 is 0 Å². The number of likely N-dealkylation sites (tertiary alicyclic amines) is 1. The molecule has 3 aromatic carbocycles. The summed E-state index contributed by atoms with van der Waals surface area (Å²) in [5.41, 5.74) is 4.11. The van der Waals surface area contributed by atoms with Gasteiger partial charge < -0.3 is 24.4 Å². The lowest BCUT2D eigenvalue weighted by molar-refractivity contribution is -0.205. The van der Waals surface area contributed by atoms with Crippen LogP contribution in [0.25, 0.3) is 10.9 Å². The number of hydrazine groups is 1. The van der Waals surface area contributed by atoms with Crippen molar-refractivity contribution in [2.45, 2.75) is 64.2 Å². The van der Waals surface area contributed by atoms with Gasteiger partial charge in [0.2, 0.25) is 23.6 Å². The highest BCUT2D eigenvalue weighted by Crippen LogP contribution is 2.33. The van der Waals surface area contributed by atoms with E-state index in [9.17, 15) is 29.1 Å². The number of Topliss-reactive ketones (excluding diaryl/α,β-unsaturated/α-hetero) is 1. The molecule has 0 radical (unpaired) electrons. The van der Waals surface area contributed by atoms with Gasteiger partial charge in [0, 0.05) is 76.6 Å². The van der Waals surface area contributed by atoms with Crippen LogP contribution in [0.1, 0.15) is 59.7 Å². The van der Waals surface area contributed by atoms with Crippen LogP contribution in [-0.4, -0.2) is 109 Å². The first kappa shape index (κ1) is 38.5. The second kappa shape index (κ2) is 16.5. The molecule has 4 aromatic rings. The molecule has 1 N–H and O–H groups in total. The van der Waals surface area contributed by atoms with Gasteiger partial charge in [0.05, 0.1) is 18.6 Å². The van der Waals surface area contributed by atoms with Crippen molar-refractivity contribution in [2.24, 2.45) is 13.0 Å². The van der Waals surface area contributed by atoms with Crippen molar-refractivity contribution in [3.63, 3.8) is 0 Å². The molecule has 12 heteroatoms. The van der Waals surface area contributed by atoms with E-state index >= 15 is 0 Å². The molecule has 3 aliphatic rings. The Kier molecular flexibility index (Phi) is 11.4. The number of ketones is 1. The molecule has 2 atom stereocenters. The average Bonchev–Trinajstić information content (AvgIpc) is 3.54. The van der Waals surface area contributed by atoms with Crippen LogP contribution in [-0.2, 0) is 45.6 Å². The van der Waals surface area contributed by atoms with E-state index in [1.165, 1.54) is 0 Å². The zero-order valence-electron chi connectivity index (χ0n) is 32.2. The molecule has 7 rings (SSSR count). The standard InChI is InChI=1S/C44H50N6O6/c1-4-21-48-29-42(55)49-38(24-32-13-16-35(52)17-14-32)44(56)47(28-40(49)50(48)41(54)18-15-31-9-6-5-7-10-31)26-34-11-8-12-36-37(27-45(3)43(34)36)39(53)25-33-19-22-46(23-20-33)30(2)51/h4-14,16-17,27,33,38,40,52H,1,15,18-26,28-29H2,2-3H3/t38-,40-/m0/s1. The van der Waals surface area contributed by atoms with E-state index in [-0.39, 0.29) is 80.1 Å². The molecule has 56 heavy (non-hydrogen) atoms. The minimum Gasteiger partial charge on any atom is -0.508 e. The number of hydrogen-bond acceptors (Lipinski definition) is 7. The van der Waals surface area contributed by atoms with Gasteiger partial charge in [-0.15, -0.1) is 6.58 Å². The van der Waals surface area contributed by atoms with Gasteiger partial charge in [-0.05, 0) is 54.0 Å². The summed E-state index contributed by atoms with van der Waals surface area (Å²) in [6.45, 7) is 7.29. The van der Waals surface area contributed by atoms with E-state index in [4.69, 9.17) is 0 Å². The Labute approximate surface area is 327 Å². The normalized spacial score (nSPS) is 19.4. The first-order chi connectivity index (χ1) is 27.0. The van der Waals surface area contributed by atoms with E-state index < -0.39 is 12.2 Å². The largest absolute Gasteiger partial charge is 0.508 e. The van der Waals surface area contributed by atoms with Gasteiger partial charge in [-0.2, -0.15) is 0 Å². The van der Waals surface area contributed by atoms with E-state index in [2.05, 4.69) is 6.58 Å². The molecule has 292 valence electrons. The topological polar surface area (TPSA) is 127 Å². The van der Waals surface area contributed by atoms with Crippen LogP contribution in [0, 0.1) is 5.92 Å². The van der Waals surface area contributed by atoms with Crippen molar-refractivity contribution >= 4 is 40.3 Å². The number of fused-ring (bicyclic) bond motifs is 2. The highest BCUT2D eigenvalue weighted by molar-refractivity contribution is 6.09. The predicted octanol–water partition coefficient (Wildman–Crippen LogP) is 4.70. The Bertz CT molecular complexity index is 2120. The summed E-state index contributed by atoms with van der Waals surface area (Å²) in [5, 5.41) is 14.2. The van der Waals surface area contributed by atoms with Gasteiger partial charge in [0.1, 0.15) is 18.0 Å². The first-order valence-corrected chi connectivity index (χ1v) is 19.5. The number of phenols is 1. The maximum Gasteiger partial charge on any atom is 0.246 e. The second-order valence-electron chi connectivity index (χ2n) is 15.3. The number of aryl methyl sites for hydroxylation is 2. The number of carbonyl (C=O) groups excluding carboxylic acids is 5. The number of benzene rings is 3. The van der Waals surface area contributed by atoms with Gasteiger partial charge >= 0.3 is 0 Å². The molecule has 0 unspecified atom stereocenters. The summed E-state index contributed by atoms with van der Waals surface area (Å²) < 4.78 is 1.94. The minimum absolute atomic E-state index is 0.0559. The van der Waals surface area contributed by atoms with Crippen molar-refractivity contribution in [3.05, 3.63) is 114 Å². The van der Waals surface area contributed by atoms with E-state index in [0.717, 1.165) is 40.4 Å². The summed E-state index contributed by atoms with van der Waals surface area (Å²) in [5.74, 6) is -0.227. The predicted molar refractivity (Wildman–Crippen MR) is 212 cm³/mol. The lowest BCUT2D eigenvalue weighted by Crippen LogP contribution is -2.75. The van der Waals surface area contributed by atoms with Gasteiger partial charge in [-0.25, -0.2) is 10.0 Å². The fourth-order valence-electron chi connectivity index (χ4n) is 8.70. The summed E-state index contributed by atoms with van der Waals surface area (Å²) in [7, 11) is 1.90. The van der Waals surface area contributed by atoms with Crippen LogP contribution in [0.3, 0.4) is 0 Å². The molecule has 0 saturated carbocycles. The maximum atomic E-state index is 14.7. The number of piperidine rings is 1. The Morgan fingerprint density at radius 3 is 2.36 bits per heavy atom. The molecule has 0 spiro atoms. The fourth-order valence-corrected chi connectivity index (χ4v) is 8.70. The number of rotatable bonds is 12. The third-order valence-electron chi connectivity index (χ3n) is 11.5. The molecule has 3 fully saturated rings. The lowest BCUT2D eigenvalue weighted by Gasteiger charge is -2.55. The summed E-state index contributed by atoms with van der Waals surface area (Å²) >= 11 is 0. The highest BCUT2D eigenvalue weighted by atomic mass is 16.3. The van der Waals surface area contributed by atoms with Gasteiger partial charge in [-0.3, -0.25) is 24.0 Å². The van der Waals surface area contributed by atoms with E-state index in [0.29, 0.717) is 31.5 Å². The molecule has 3 saturated heterocycles. The quantitative estimate of drug-likeness (QED) is 0.164. The lowest BCUT2D eigenvalue weighted by atomic mass is 9.89. The smallest absolute Gasteiger partial charge is 0.246 e. The van der Waals surface area contributed by atoms with Crippen molar-refractivity contribution in [1.82, 2.24) is 29.3 Å². The number of para-hydroxylation sites is 1. The van der Waals surface area contributed by atoms with Crippen molar-refractivity contribution in [3.8, 4) is 5.75 Å². The number of carbonyl (C=O) groups is 5. The third-order valence-corrected chi connectivity index (χ3v) is 11.5. The molecule has 1 aromatic heterocycles. The van der Waals surface area contributed by atoms with Gasteiger partial charge in [0.25, 0.3) is 0 Å². The van der Waals surface area contributed by atoms with Gasteiger partial charge in [0.15, 0.2) is 5.78 Å². The Balaban J connectivity index is 1.20. The Morgan fingerprint density at radius 2 is 1.66 bits per heavy atom. The molecule has 4 amide bonds. The molecule has 3 aliphatic heterocycles. The second-order valence-corrected chi connectivity index (χ2v) is 15.3. The number of piperazine rings is 1. The van der Waals surface area contributed by atoms with Crippen molar-refractivity contribution in [2.75, 3.05) is 32.7 Å². The summed E-state index contributed by atoms with van der Waals surface area (Å²) in [6.07, 6.45) is 5.69. The van der Waals surface area contributed by atoms with E-state index in [1.54, 1.807) is 57.1 Å². The molecular weight excluding hydrogens is 709 g/mol. The van der Waals surface area contributed by atoms with Crippen molar-refractivity contribution < 1.29 is 29.1 Å². The Morgan fingerprint density at radius 1 is 0.929 bits per heavy atom. The van der Waals surface area contributed by atoms with Crippen molar-refractivity contribution in [1.29, 1.82) is 0 Å². The van der Waals surface area contributed by atoms with Crippen LogP contribution in [0.15, 0.2) is 91.6 Å². The zero-order valence-corrected chi connectivity index (χ0v) is 32.2. The number of aromatic hydroxyl groups is 1. The molecule has 0 bridgehead atoms. The monoisotopic (exact) mass is 758 g/mol. The summed E-state index contributed by atoms with van der Waals surface area (Å²) in [4.78, 5) is 73.8. The number of hydrogen-bond donors (Lipinski definition) is 1. The minimum atomic E-state index is -0.903. The van der Waals surface area contributed by atoms with Crippen LogP contribution >= 0.6 is 0 Å². The van der Waals surface area contributed by atoms with Crippen LogP contribution in [0.2, 0.25) is 0 Å². The molecular formula is C44H50N6O6. The van der Waals surface area contributed by atoms with Crippen LogP contribution in [0.5, 0.6) is 5.75 Å². The zero-order chi connectivity index (χ0) is 39.5. The number of aromatic nitrogens is 1. The number of phenolic OH excluding ortho intramolecular Hbond substituents is 1. The maximum absolute atomic E-state index is 14.7. The molecule has 4 heterocycles. The number of amides is 4. The average molecular weight is 759 g/mol.